The quantitative estimate of drug-likeness (QED) is 0.0758. The summed E-state index contributed by atoms with van der Waals surface area (Å²) in [5, 5.41) is 49.4. The molecule has 1 heterocycles. The number of anilines is 1. The molecule has 4 aromatic carbocycles. The van der Waals surface area contributed by atoms with Gasteiger partial charge in [0.25, 0.3) is 0 Å². The van der Waals surface area contributed by atoms with Crippen LogP contribution >= 0.6 is 21.6 Å². The van der Waals surface area contributed by atoms with Crippen LogP contribution in [0.15, 0.2) is 60.7 Å². The number of methoxy groups -OCH3 is 1. The highest BCUT2D eigenvalue weighted by Gasteiger charge is 2.24. The van der Waals surface area contributed by atoms with Crippen LogP contribution in [-0.2, 0) is 28.3 Å². The van der Waals surface area contributed by atoms with Crippen molar-refractivity contribution in [2.24, 2.45) is 0 Å². The molecule has 0 bridgehead atoms. The third-order valence-corrected chi connectivity index (χ3v) is 11.4. The summed E-state index contributed by atoms with van der Waals surface area (Å²) in [6.07, 6.45) is 2.25. The van der Waals surface area contributed by atoms with Crippen LogP contribution in [0.3, 0.4) is 0 Å². The third kappa shape index (κ3) is 9.45. The number of phenolic OH excluding ortho intramolecular Hbond substituents is 2. The molecule has 5 rings (SSSR count). The van der Waals surface area contributed by atoms with Gasteiger partial charge < -0.3 is 35.2 Å². The van der Waals surface area contributed by atoms with Gasteiger partial charge in [-0.3, -0.25) is 10.1 Å². The Bertz CT molecular complexity index is 1770. The fourth-order valence-electron chi connectivity index (χ4n) is 6.47. The summed E-state index contributed by atoms with van der Waals surface area (Å²) in [7, 11) is 6.92. The maximum Gasteiger partial charge on any atom is 0.168 e. The van der Waals surface area contributed by atoms with E-state index in [9.17, 15) is 25.2 Å². The number of aromatic hydroxyl groups is 2. The van der Waals surface area contributed by atoms with E-state index in [2.05, 4.69) is 10.6 Å². The number of carbonyl (C=O) groups is 1. The lowest BCUT2D eigenvalue weighted by Gasteiger charge is -2.26. The Kier molecular flexibility index (Phi) is 13.7. The summed E-state index contributed by atoms with van der Waals surface area (Å²) >= 11 is 0. The van der Waals surface area contributed by atoms with Crippen LogP contribution in [0.4, 0.5) is 5.69 Å². The highest BCUT2D eigenvalue weighted by molar-refractivity contribution is 8.76. The number of phenols is 2. The number of rotatable bonds is 9. The van der Waals surface area contributed by atoms with Gasteiger partial charge >= 0.3 is 0 Å². The molecule has 0 unspecified atom stereocenters. The predicted molar refractivity (Wildman–Crippen MR) is 204 cm³/mol. The fourth-order valence-corrected chi connectivity index (χ4v) is 8.73. The van der Waals surface area contributed by atoms with Crippen molar-refractivity contribution in [1.29, 1.82) is 0 Å². The second-order valence-corrected chi connectivity index (χ2v) is 15.3. The molecular formula is C39H48N2O7S2. The van der Waals surface area contributed by atoms with Gasteiger partial charge in [0.05, 0.1) is 25.9 Å². The first kappa shape index (κ1) is 37.8. The summed E-state index contributed by atoms with van der Waals surface area (Å²) in [4.78, 5) is 13.7. The molecular weight excluding hydrogens is 673 g/mol. The standard InChI is InChI=1S/C39H48N2O7S2/c1-24(43)21-41-35-15-10-27(18-28(35)22-42)39(40-2)48-31-6-4-5-17-49-50-23-34-32(14-9-25-7-12-30(45)20-33(25)34)37-26(8-13-29(44)19-31)11-16-36(46)38(37)47-3/h7,9-12,14-16,18,20,24,31,39-43,45-46H,4-6,8,13,17,19,21-23H2,1-3H3/t24-,31-,39+/m0/s1. The SMILES string of the molecule is CN[C@H](O[C@H]1CCCCSSCc2c(ccc3ccc(O)cc23)-c2c(ccc(O)c2OC)CCC(=O)C1)c1ccc(NC[C@H](C)O)c(CO)c1. The number of benzene rings is 4. The predicted octanol–water partition coefficient (Wildman–Crippen LogP) is 7.47. The zero-order chi connectivity index (χ0) is 35.6. The first-order chi connectivity index (χ1) is 24.2. The van der Waals surface area contributed by atoms with Gasteiger partial charge in [-0.1, -0.05) is 58.3 Å². The Labute approximate surface area is 302 Å². The Morgan fingerprint density at radius 3 is 2.58 bits per heavy atom. The normalized spacial score (nSPS) is 17.5. The monoisotopic (exact) mass is 720 g/mol. The number of aryl methyl sites for hydroxylation is 1. The number of hydrogen-bond acceptors (Lipinski definition) is 11. The lowest BCUT2D eigenvalue weighted by molar-refractivity contribution is -0.124. The van der Waals surface area contributed by atoms with E-state index in [1.165, 1.54) is 0 Å². The molecule has 0 aliphatic carbocycles. The molecule has 1 aliphatic rings. The Balaban J connectivity index is 1.42. The molecule has 4 aromatic rings. The maximum atomic E-state index is 13.7. The van der Waals surface area contributed by atoms with Crippen molar-refractivity contribution in [2.75, 3.05) is 31.8 Å². The third-order valence-electron chi connectivity index (χ3n) is 9.01. The van der Waals surface area contributed by atoms with Crippen LogP contribution in [0.25, 0.3) is 21.9 Å². The second-order valence-electron chi connectivity index (χ2n) is 12.7. The molecule has 0 amide bonds. The van der Waals surface area contributed by atoms with Crippen molar-refractivity contribution in [3.63, 3.8) is 0 Å². The average molecular weight is 721 g/mol. The Morgan fingerprint density at radius 2 is 1.82 bits per heavy atom. The van der Waals surface area contributed by atoms with Crippen LogP contribution in [0.5, 0.6) is 17.2 Å². The highest BCUT2D eigenvalue weighted by Crippen LogP contribution is 2.45. The van der Waals surface area contributed by atoms with Crippen molar-refractivity contribution in [3.8, 4) is 28.4 Å². The topological polar surface area (TPSA) is 141 Å². The molecule has 1 aliphatic heterocycles. The first-order valence-corrected chi connectivity index (χ1v) is 19.6. The van der Waals surface area contributed by atoms with E-state index >= 15 is 0 Å². The zero-order valence-electron chi connectivity index (χ0n) is 28.9. The molecule has 0 aromatic heterocycles. The lowest BCUT2D eigenvalue weighted by Crippen LogP contribution is -2.28. The number of aliphatic hydroxyl groups is 2. The van der Waals surface area contributed by atoms with Crippen LogP contribution in [0.2, 0.25) is 0 Å². The van der Waals surface area contributed by atoms with Gasteiger partial charge in [0, 0.05) is 47.7 Å². The van der Waals surface area contributed by atoms with Crippen LogP contribution < -0.4 is 15.4 Å². The zero-order valence-corrected chi connectivity index (χ0v) is 30.5. The molecule has 0 fully saturated rings. The number of hydrogen-bond donors (Lipinski definition) is 6. The summed E-state index contributed by atoms with van der Waals surface area (Å²) in [6.45, 7) is 1.90. The Hall–Kier alpha value is -3.45. The largest absolute Gasteiger partial charge is 0.508 e. The van der Waals surface area contributed by atoms with Gasteiger partial charge in [-0.05, 0) is 96.6 Å². The number of fused-ring (bicyclic) bond motifs is 5. The van der Waals surface area contributed by atoms with Crippen molar-refractivity contribution in [2.45, 2.75) is 76.2 Å². The maximum absolute atomic E-state index is 13.7. The molecule has 0 radical (unpaired) electrons. The first-order valence-electron chi connectivity index (χ1n) is 17.1. The van der Waals surface area contributed by atoms with Gasteiger partial charge in [-0.2, -0.15) is 0 Å². The summed E-state index contributed by atoms with van der Waals surface area (Å²) < 4.78 is 12.4. The molecule has 0 saturated heterocycles. The van der Waals surface area contributed by atoms with Gasteiger partial charge in [-0.15, -0.1) is 0 Å². The van der Waals surface area contributed by atoms with E-state index in [0.717, 1.165) is 69.3 Å². The van der Waals surface area contributed by atoms with E-state index in [1.807, 2.05) is 49.5 Å². The molecule has 3 atom stereocenters. The van der Waals surface area contributed by atoms with Gasteiger partial charge in [-0.25, -0.2) is 0 Å². The van der Waals surface area contributed by atoms with E-state index in [1.54, 1.807) is 53.8 Å². The van der Waals surface area contributed by atoms with Crippen molar-refractivity contribution < 1.29 is 34.7 Å². The molecule has 268 valence electrons. The van der Waals surface area contributed by atoms with E-state index in [-0.39, 0.29) is 42.8 Å². The van der Waals surface area contributed by atoms with Crippen LogP contribution in [0.1, 0.15) is 67.5 Å². The molecule has 9 nitrogen and oxygen atoms in total. The Morgan fingerprint density at radius 1 is 1.00 bits per heavy atom. The summed E-state index contributed by atoms with van der Waals surface area (Å²) in [5.74, 6) is 2.26. The molecule has 0 spiro atoms. The molecule has 0 saturated carbocycles. The number of nitrogens with one attached hydrogen (secondary N) is 2. The molecule has 50 heavy (non-hydrogen) atoms. The van der Waals surface area contributed by atoms with Crippen molar-refractivity contribution in [1.82, 2.24) is 5.32 Å². The van der Waals surface area contributed by atoms with Crippen LogP contribution in [-0.4, -0.2) is 64.9 Å². The van der Waals surface area contributed by atoms with Gasteiger partial charge in [0.1, 0.15) is 17.8 Å². The van der Waals surface area contributed by atoms with E-state index in [4.69, 9.17) is 9.47 Å². The fraction of sp³-hybridized carbons (Fsp3) is 0.410. The van der Waals surface area contributed by atoms with E-state index in [0.29, 0.717) is 30.0 Å². The van der Waals surface area contributed by atoms with Gasteiger partial charge in [0.2, 0.25) is 0 Å². The number of carbonyl (C=O) groups excluding carboxylic acids is 1. The van der Waals surface area contributed by atoms with E-state index < -0.39 is 12.3 Å². The van der Waals surface area contributed by atoms with Crippen molar-refractivity contribution in [3.05, 3.63) is 82.9 Å². The van der Waals surface area contributed by atoms with Gasteiger partial charge in [0.15, 0.2) is 11.5 Å². The second kappa shape index (κ2) is 18.2. The summed E-state index contributed by atoms with van der Waals surface area (Å²) in [5.41, 5.74) is 5.89. The summed E-state index contributed by atoms with van der Waals surface area (Å²) in [6, 6.07) is 18.6. The number of ketones is 1. The molecule has 6 N–H and O–H groups in total. The minimum atomic E-state index is -0.526. The smallest absolute Gasteiger partial charge is 0.168 e. The van der Waals surface area contributed by atoms with Crippen LogP contribution in [0, 0.1) is 0 Å². The minimum Gasteiger partial charge on any atom is -0.508 e. The van der Waals surface area contributed by atoms with Crippen molar-refractivity contribution >= 4 is 43.8 Å². The number of ether oxygens (including phenoxy) is 2. The lowest BCUT2D eigenvalue weighted by atomic mass is 9.89. The number of Topliss-reactive ketones (excluding diaryl/α,β-unsaturated/α-hetero) is 1. The highest BCUT2D eigenvalue weighted by atomic mass is 33.1. The number of aliphatic hydroxyl groups excluding tert-OH is 2. The average Bonchev–Trinajstić information content (AvgIpc) is 3.11. The molecule has 11 heteroatoms. The minimum absolute atomic E-state index is 0.0265.